The number of carbonyl (C=O) groups is 1. The number of halogens is 3. The van der Waals surface area contributed by atoms with Gasteiger partial charge in [0.1, 0.15) is 18.2 Å². The van der Waals surface area contributed by atoms with Crippen LogP contribution in [0, 0.1) is 5.82 Å². The third-order valence-corrected chi connectivity index (χ3v) is 5.45. The summed E-state index contributed by atoms with van der Waals surface area (Å²) >= 11 is 0. The Labute approximate surface area is 174 Å². The van der Waals surface area contributed by atoms with Crippen LogP contribution in [0.15, 0.2) is 48.0 Å². The van der Waals surface area contributed by atoms with Gasteiger partial charge in [0, 0.05) is 18.4 Å². The molecule has 0 fully saturated rings. The number of rotatable bonds is 9. The fraction of sp³-hybridized carbons (Fsp3) is 0.375. The van der Waals surface area contributed by atoms with Gasteiger partial charge in [-0.2, -0.15) is 0 Å². The molecular formula is C24H25F3O3. The highest BCUT2D eigenvalue weighted by atomic mass is 19.3. The van der Waals surface area contributed by atoms with Gasteiger partial charge in [-0.05, 0) is 72.2 Å². The normalized spacial score (nSPS) is 14.3. The van der Waals surface area contributed by atoms with Crippen LogP contribution in [0.1, 0.15) is 55.7 Å². The van der Waals surface area contributed by atoms with Crippen LogP contribution in [-0.2, 0) is 17.1 Å². The minimum absolute atomic E-state index is 0.0371. The zero-order chi connectivity index (χ0) is 21.7. The van der Waals surface area contributed by atoms with Crippen molar-refractivity contribution in [1.82, 2.24) is 0 Å². The monoisotopic (exact) mass is 418 g/mol. The molecule has 1 aliphatic carbocycles. The number of carboxylic acids is 1. The topological polar surface area (TPSA) is 46.5 Å². The van der Waals surface area contributed by atoms with E-state index >= 15 is 0 Å². The molecule has 2 aromatic rings. The second kappa shape index (κ2) is 9.37. The van der Waals surface area contributed by atoms with E-state index in [2.05, 4.69) is 0 Å². The summed E-state index contributed by atoms with van der Waals surface area (Å²) in [7, 11) is 0. The van der Waals surface area contributed by atoms with Crippen molar-refractivity contribution in [3.8, 4) is 5.75 Å². The molecule has 0 saturated carbocycles. The highest BCUT2D eigenvalue weighted by Crippen LogP contribution is 2.38. The van der Waals surface area contributed by atoms with Gasteiger partial charge in [0.2, 0.25) is 0 Å². The molecule has 0 radical (unpaired) electrons. The molecule has 3 rings (SSSR count). The third-order valence-electron chi connectivity index (χ3n) is 5.45. The lowest BCUT2D eigenvalue weighted by atomic mass is 9.96. The van der Waals surface area contributed by atoms with Crippen LogP contribution in [0.2, 0.25) is 0 Å². The van der Waals surface area contributed by atoms with Gasteiger partial charge in [0.15, 0.2) is 0 Å². The minimum Gasteiger partial charge on any atom is -0.489 e. The fourth-order valence-electron chi connectivity index (χ4n) is 3.80. The van der Waals surface area contributed by atoms with Crippen LogP contribution in [0.5, 0.6) is 5.75 Å². The highest BCUT2D eigenvalue weighted by Gasteiger charge is 2.32. The van der Waals surface area contributed by atoms with Crippen molar-refractivity contribution < 1.29 is 27.8 Å². The smallest absolute Gasteiger partial charge is 0.303 e. The lowest BCUT2D eigenvalue weighted by molar-refractivity contribution is -0.137. The molecule has 6 heteroatoms. The summed E-state index contributed by atoms with van der Waals surface area (Å²) in [5.74, 6) is -4.07. The molecule has 3 nitrogen and oxygen atoms in total. The first-order valence-corrected chi connectivity index (χ1v) is 10.1. The molecule has 30 heavy (non-hydrogen) atoms. The second-order valence-electron chi connectivity index (χ2n) is 7.51. The van der Waals surface area contributed by atoms with Crippen LogP contribution < -0.4 is 4.74 Å². The van der Waals surface area contributed by atoms with E-state index in [1.165, 1.54) is 31.2 Å². The standard InChI is InChI=1S/C24H25F3O3/c1-2-24(26,27)22-14-20(11-9-16(22)10-12-23(28)29)30-15-18-6-4-8-21(18)17-5-3-7-19(25)13-17/h3,5,7,9,11,13-14H,2,4,6,8,10,12,15H2,1H3,(H,28,29). The van der Waals surface area contributed by atoms with E-state index in [0.29, 0.717) is 11.3 Å². The second-order valence-corrected chi connectivity index (χ2v) is 7.51. The molecule has 0 amide bonds. The number of aliphatic carboxylic acids is 1. The number of allylic oxidation sites excluding steroid dienone is 1. The molecule has 1 aliphatic rings. The first-order valence-electron chi connectivity index (χ1n) is 10.1. The summed E-state index contributed by atoms with van der Waals surface area (Å²) in [6, 6.07) is 10.9. The Bertz CT molecular complexity index is 950. The maximum absolute atomic E-state index is 14.5. The molecule has 0 spiro atoms. The number of hydrogen-bond acceptors (Lipinski definition) is 2. The number of alkyl halides is 2. The van der Waals surface area contributed by atoms with E-state index in [9.17, 15) is 18.0 Å². The van der Waals surface area contributed by atoms with E-state index in [1.54, 1.807) is 12.1 Å². The van der Waals surface area contributed by atoms with Crippen LogP contribution in [-0.4, -0.2) is 17.7 Å². The third kappa shape index (κ3) is 5.23. The SMILES string of the molecule is CCC(F)(F)c1cc(OCC2=C(c3cccc(F)c3)CCC2)ccc1CCC(=O)O. The average Bonchev–Trinajstić information content (AvgIpc) is 3.19. The van der Waals surface area contributed by atoms with Crippen molar-refractivity contribution in [2.45, 2.75) is 51.4 Å². The Morgan fingerprint density at radius 3 is 2.67 bits per heavy atom. The molecule has 1 N–H and O–H groups in total. The molecular weight excluding hydrogens is 393 g/mol. The summed E-state index contributed by atoms with van der Waals surface area (Å²) in [5, 5.41) is 8.88. The van der Waals surface area contributed by atoms with E-state index in [4.69, 9.17) is 9.84 Å². The number of aryl methyl sites for hydroxylation is 1. The van der Waals surface area contributed by atoms with Gasteiger partial charge in [-0.25, -0.2) is 13.2 Å². The number of carboxylic acid groups (broad SMARTS) is 1. The molecule has 0 saturated heterocycles. The summed E-state index contributed by atoms with van der Waals surface area (Å²) in [4.78, 5) is 10.8. The molecule has 2 aromatic carbocycles. The summed E-state index contributed by atoms with van der Waals surface area (Å²) in [6.07, 6.45) is 2.03. The van der Waals surface area contributed by atoms with Crippen LogP contribution in [0.3, 0.4) is 0 Å². The maximum Gasteiger partial charge on any atom is 0.303 e. The quantitative estimate of drug-likeness (QED) is 0.515. The van der Waals surface area contributed by atoms with E-state index in [0.717, 1.165) is 36.0 Å². The van der Waals surface area contributed by atoms with Gasteiger partial charge in [-0.15, -0.1) is 0 Å². The van der Waals surface area contributed by atoms with Crippen molar-refractivity contribution in [2.24, 2.45) is 0 Å². The van der Waals surface area contributed by atoms with E-state index < -0.39 is 11.9 Å². The Morgan fingerprint density at radius 1 is 1.17 bits per heavy atom. The minimum atomic E-state index is -3.06. The fourth-order valence-corrected chi connectivity index (χ4v) is 3.80. The van der Waals surface area contributed by atoms with Crippen molar-refractivity contribution >= 4 is 11.5 Å². The van der Waals surface area contributed by atoms with Gasteiger partial charge < -0.3 is 9.84 Å². The molecule has 160 valence electrons. The zero-order valence-electron chi connectivity index (χ0n) is 16.9. The van der Waals surface area contributed by atoms with E-state index in [-0.39, 0.29) is 37.3 Å². The molecule has 0 aromatic heterocycles. The summed E-state index contributed by atoms with van der Waals surface area (Å²) < 4.78 is 48.3. The van der Waals surface area contributed by atoms with Crippen molar-refractivity contribution in [3.63, 3.8) is 0 Å². The number of benzene rings is 2. The summed E-state index contributed by atoms with van der Waals surface area (Å²) in [6.45, 7) is 1.64. The van der Waals surface area contributed by atoms with Crippen molar-refractivity contribution in [2.75, 3.05) is 6.61 Å². The molecule has 0 unspecified atom stereocenters. The Morgan fingerprint density at radius 2 is 1.97 bits per heavy atom. The Kier molecular flexibility index (Phi) is 6.85. The molecule has 0 bridgehead atoms. The van der Waals surface area contributed by atoms with Gasteiger partial charge in [-0.1, -0.05) is 25.1 Å². The van der Waals surface area contributed by atoms with Crippen molar-refractivity contribution in [1.29, 1.82) is 0 Å². The zero-order valence-corrected chi connectivity index (χ0v) is 16.9. The van der Waals surface area contributed by atoms with Gasteiger partial charge in [-0.3, -0.25) is 4.79 Å². The molecule has 0 atom stereocenters. The lowest BCUT2D eigenvalue weighted by Crippen LogP contribution is -2.16. The van der Waals surface area contributed by atoms with Crippen molar-refractivity contribution in [3.05, 3.63) is 70.5 Å². The lowest BCUT2D eigenvalue weighted by Gasteiger charge is -2.20. The van der Waals surface area contributed by atoms with Crippen LogP contribution >= 0.6 is 0 Å². The predicted octanol–water partition coefficient (Wildman–Crippen LogP) is 6.36. The molecule has 0 aliphatic heterocycles. The largest absolute Gasteiger partial charge is 0.489 e. The first kappa shape index (κ1) is 21.9. The number of ether oxygens (including phenoxy) is 1. The Balaban J connectivity index is 1.81. The highest BCUT2D eigenvalue weighted by molar-refractivity contribution is 5.71. The summed E-state index contributed by atoms with van der Waals surface area (Å²) in [5.41, 5.74) is 3.05. The van der Waals surface area contributed by atoms with Crippen LogP contribution in [0.25, 0.3) is 5.57 Å². The van der Waals surface area contributed by atoms with Gasteiger partial charge in [0.05, 0.1) is 0 Å². The Hall–Kier alpha value is -2.76. The number of hydrogen-bond donors (Lipinski definition) is 1. The van der Waals surface area contributed by atoms with Crippen LogP contribution in [0.4, 0.5) is 13.2 Å². The van der Waals surface area contributed by atoms with E-state index in [1.807, 2.05) is 6.07 Å². The molecule has 0 heterocycles. The van der Waals surface area contributed by atoms with Gasteiger partial charge >= 0.3 is 5.97 Å². The predicted molar refractivity (Wildman–Crippen MR) is 109 cm³/mol. The average molecular weight is 418 g/mol. The first-order chi connectivity index (χ1) is 14.3. The maximum atomic E-state index is 14.5. The van der Waals surface area contributed by atoms with Gasteiger partial charge in [0.25, 0.3) is 5.92 Å².